The number of hydrogen-bond acceptors (Lipinski definition) is 3. The minimum Gasteiger partial charge on any atom is -0.394 e. The second-order valence-electron chi connectivity index (χ2n) is 2.32. The van der Waals surface area contributed by atoms with Crippen LogP contribution in [-0.4, -0.2) is 16.7 Å². The van der Waals surface area contributed by atoms with Crippen LogP contribution in [-0.2, 0) is 0 Å². The molecule has 0 aliphatic rings. The summed E-state index contributed by atoms with van der Waals surface area (Å²) in [6.45, 7) is -0.430. The summed E-state index contributed by atoms with van der Waals surface area (Å²) < 4.78 is 25.2. The summed E-state index contributed by atoms with van der Waals surface area (Å²) in [7, 11) is 0. The topological polar surface area (TPSA) is 59.1 Å². The van der Waals surface area contributed by atoms with Gasteiger partial charge >= 0.3 is 0 Å². The molecule has 0 saturated heterocycles. The molecule has 1 heterocycles. The van der Waals surface area contributed by atoms with Gasteiger partial charge in [0.2, 0.25) is 5.95 Å². The van der Waals surface area contributed by atoms with Gasteiger partial charge in [-0.05, 0) is 0 Å². The Morgan fingerprint density at radius 1 is 1.58 bits per heavy atom. The second-order valence-corrected chi connectivity index (χ2v) is 2.32. The summed E-state index contributed by atoms with van der Waals surface area (Å²) in [6, 6.07) is -0.0292. The van der Waals surface area contributed by atoms with Gasteiger partial charge in [0.25, 0.3) is 0 Å². The zero-order valence-electron chi connectivity index (χ0n) is 6.17. The summed E-state index contributed by atoms with van der Waals surface area (Å²) in [5.41, 5.74) is 5.21. The van der Waals surface area contributed by atoms with Gasteiger partial charge in [0.15, 0.2) is 0 Å². The third-order valence-electron chi connectivity index (χ3n) is 1.45. The Hall–Kier alpha value is -1.07. The molecule has 1 unspecified atom stereocenters. The quantitative estimate of drug-likeness (QED) is 0.636. The van der Waals surface area contributed by atoms with Gasteiger partial charge in [-0.25, -0.2) is 9.37 Å². The van der Waals surface area contributed by atoms with E-state index < -0.39 is 24.4 Å². The fourth-order valence-electron chi connectivity index (χ4n) is 0.810. The zero-order valence-corrected chi connectivity index (χ0v) is 6.17. The smallest absolute Gasteiger partial charge is 0.213 e. The van der Waals surface area contributed by atoms with Crippen LogP contribution in [0, 0.1) is 11.8 Å². The largest absolute Gasteiger partial charge is 0.394 e. The normalized spacial score (nSPS) is 13.0. The van der Waals surface area contributed by atoms with Gasteiger partial charge < -0.3 is 10.8 Å². The first-order chi connectivity index (χ1) is 5.65. The number of aromatic nitrogens is 1. The number of rotatable bonds is 2. The van der Waals surface area contributed by atoms with Crippen molar-refractivity contribution in [2.24, 2.45) is 5.73 Å². The molecule has 0 saturated carbocycles. The van der Waals surface area contributed by atoms with Crippen LogP contribution in [0.15, 0.2) is 12.3 Å². The molecule has 1 rings (SSSR count). The van der Waals surface area contributed by atoms with Crippen LogP contribution in [0.3, 0.4) is 0 Å². The molecule has 0 amide bonds. The Kier molecular flexibility index (Phi) is 2.67. The minimum absolute atomic E-state index is 0.0648. The number of nitrogens with two attached hydrogens (primary N) is 1. The SMILES string of the molecule is NC(CO)c1cc(F)ncc1F. The zero-order chi connectivity index (χ0) is 9.14. The first-order valence-electron chi connectivity index (χ1n) is 3.32. The van der Waals surface area contributed by atoms with Crippen molar-refractivity contribution >= 4 is 0 Å². The fourth-order valence-corrected chi connectivity index (χ4v) is 0.810. The van der Waals surface area contributed by atoms with Crippen molar-refractivity contribution < 1.29 is 13.9 Å². The summed E-state index contributed by atoms with van der Waals surface area (Å²) in [5, 5.41) is 8.57. The van der Waals surface area contributed by atoms with E-state index in [0.717, 1.165) is 12.3 Å². The Bertz CT molecular complexity index is 280. The molecular formula is C7H8F2N2O. The van der Waals surface area contributed by atoms with Gasteiger partial charge in [-0.2, -0.15) is 4.39 Å². The average Bonchev–Trinajstić information content (AvgIpc) is 2.08. The fraction of sp³-hybridized carbons (Fsp3) is 0.286. The number of aliphatic hydroxyl groups is 1. The number of pyridine rings is 1. The van der Waals surface area contributed by atoms with E-state index in [1.807, 2.05) is 0 Å². The van der Waals surface area contributed by atoms with Crippen molar-refractivity contribution in [2.75, 3.05) is 6.61 Å². The number of nitrogens with zero attached hydrogens (tertiary/aromatic N) is 1. The molecule has 0 aliphatic heterocycles. The van der Waals surface area contributed by atoms with Crippen molar-refractivity contribution in [2.45, 2.75) is 6.04 Å². The molecule has 66 valence electrons. The lowest BCUT2D eigenvalue weighted by Gasteiger charge is -2.08. The monoisotopic (exact) mass is 174 g/mol. The summed E-state index contributed by atoms with van der Waals surface area (Å²) in [5.74, 6) is -1.52. The highest BCUT2D eigenvalue weighted by Crippen LogP contribution is 2.13. The van der Waals surface area contributed by atoms with Crippen LogP contribution in [0.1, 0.15) is 11.6 Å². The lowest BCUT2D eigenvalue weighted by Crippen LogP contribution is -2.16. The second kappa shape index (κ2) is 3.55. The van der Waals surface area contributed by atoms with Gasteiger partial charge in [-0.1, -0.05) is 0 Å². The molecule has 0 aliphatic carbocycles. The van der Waals surface area contributed by atoms with E-state index in [9.17, 15) is 8.78 Å². The lowest BCUT2D eigenvalue weighted by atomic mass is 10.1. The molecular weight excluding hydrogens is 166 g/mol. The lowest BCUT2D eigenvalue weighted by molar-refractivity contribution is 0.264. The van der Waals surface area contributed by atoms with E-state index in [0.29, 0.717) is 0 Å². The van der Waals surface area contributed by atoms with E-state index in [1.54, 1.807) is 0 Å². The predicted molar refractivity (Wildman–Crippen MR) is 38.2 cm³/mol. The van der Waals surface area contributed by atoms with Crippen LogP contribution in [0.25, 0.3) is 0 Å². The molecule has 0 bridgehead atoms. The van der Waals surface area contributed by atoms with Gasteiger partial charge in [-0.3, -0.25) is 0 Å². The van der Waals surface area contributed by atoms with Crippen molar-refractivity contribution in [1.82, 2.24) is 4.98 Å². The highest BCUT2D eigenvalue weighted by Gasteiger charge is 2.11. The molecule has 0 spiro atoms. The minimum atomic E-state index is -0.900. The third-order valence-corrected chi connectivity index (χ3v) is 1.45. The first-order valence-corrected chi connectivity index (χ1v) is 3.32. The first kappa shape index (κ1) is 9.02. The highest BCUT2D eigenvalue weighted by molar-refractivity contribution is 5.17. The number of aliphatic hydroxyl groups excluding tert-OH is 1. The highest BCUT2D eigenvalue weighted by atomic mass is 19.1. The standard InChI is InChI=1S/C7H8F2N2O/c8-5-2-11-7(9)1-4(5)6(10)3-12/h1-2,6,12H,3,10H2. The predicted octanol–water partition coefficient (Wildman–Crippen LogP) is 0.352. The van der Waals surface area contributed by atoms with E-state index >= 15 is 0 Å². The molecule has 1 aromatic heterocycles. The Morgan fingerprint density at radius 2 is 2.25 bits per heavy atom. The summed E-state index contributed by atoms with van der Waals surface area (Å²) in [6.07, 6.45) is 0.736. The molecule has 3 N–H and O–H groups in total. The van der Waals surface area contributed by atoms with Crippen LogP contribution >= 0.6 is 0 Å². The Labute approximate surface area is 67.8 Å². The van der Waals surface area contributed by atoms with E-state index in [4.69, 9.17) is 10.8 Å². The molecule has 1 atom stereocenters. The van der Waals surface area contributed by atoms with E-state index in [2.05, 4.69) is 4.98 Å². The number of hydrogen-bond donors (Lipinski definition) is 2. The Morgan fingerprint density at radius 3 is 2.83 bits per heavy atom. The molecule has 12 heavy (non-hydrogen) atoms. The van der Waals surface area contributed by atoms with Crippen LogP contribution in [0.5, 0.6) is 0 Å². The maximum absolute atomic E-state index is 12.8. The molecule has 0 aromatic carbocycles. The Balaban J connectivity index is 3.04. The van der Waals surface area contributed by atoms with Gasteiger partial charge in [0, 0.05) is 11.6 Å². The van der Waals surface area contributed by atoms with Crippen molar-refractivity contribution in [3.63, 3.8) is 0 Å². The number of halogens is 2. The molecule has 1 aromatic rings. The van der Waals surface area contributed by atoms with Crippen molar-refractivity contribution in [3.8, 4) is 0 Å². The molecule has 0 fully saturated rings. The van der Waals surface area contributed by atoms with Crippen molar-refractivity contribution in [1.29, 1.82) is 0 Å². The molecule has 3 nitrogen and oxygen atoms in total. The van der Waals surface area contributed by atoms with E-state index in [-0.39, 0.29) is 5.56 Å². The van der Waals surface area contributed by atoms with Crippen LogP contribution in [0.4, 0.5) is 8.78 Å². The van der Waals surface area contributed by atoms with Gasteiger partial charge in [0.05, 0.1) is 18.8 Å². The van der Waals surface area contributed by atoms with Crippen molar-refractivity contribution in [3.05, 3.63) is 29.6 Å². The van der Waals surface area contributed by atoms with Gasteiger partial charge in [0.1, 0.15) is 5.82 Å². The maximum Gasteiger partial charge on any atom is 0.213 e. The average molecular weight is 174 g/mol. The molecule has 0 radical (unpaired) electrons. The van der Waals surface area contributed by atoms with Crippen LogP contribution < -0.4 is 5.73 Å². The van der Waals surface area contributed by atoms with Crippen LogP contribution in [0.2, 0.25) is 0 Å². The van der Waals surface area contributed by atoms with Gasteiger partial charge in [-0.15, -0.1) is 0 Å². The molecule has 5 heteroatoms. The van der Waals surface area contributed by atoms with E-state index in [1.165, 1.54) is 0 Å². The summed E-state index contributed by atoms with van der Waals surface area (Å²) >= 11 is 0. The third kappa shape index (κ3) is 1.75. The summed E-state index contributed by atoms with van der Waals surface area (Å²) in [4.78, 5) is 3.08. The maximum atomic E-state index is 12.8.